The summed E-state index contributed by atoms with van der Waals surface area (Å²) in [4.78, 5) is 11.9. The third-order valence-corrected chi connectivity index (χ3v) is 4.75. The number of benzene rings is 2. The molecule has 138 valence electrons. The maximum absolute atomic E-state index is 11.9. The van der Waals surface area contributed by atoms with Crippen molar-refractivity contribution >= 4 is 6.03 Å². The third kappa shape index (κ3) is 4.76. The van der Waals surface area contributed by atoms with Crippen LogP contribution in [0.3, 0.4) is 0 Å². The Morgan fingerprint density at radius 1 is 1.15 bits per heavy atom. The van der Waals surface area contributed by atoms with E-state index in [4.69, 9.17) is 4.74 Å². The Hall–Kier alpha value is -2.53. The second-order valence-electron chi connectivity index (χ2n) is 6.86. The lowest BCUT2D eigenvalue weighted by Crippen LogP contribution is -2.39. The molecule has 0 fully saturated rings. The molecule has 1 aliphatic rings. The van der Waals surface area contributed by atoms with E-state index in [1.807, 2.05) is 42.5 Å². The number of urea groups is 1. The molecular weight excluding hydrogens is 328 g/mol. The normalized spacial score (nSPS) is 14.8. The van der Waals surface area contributed by atoms with Gasteiger partial charge < -0.3 is 20.5 Å². The van der Waals surface area contributed by atoms with Gasteiger partial charge in [0.05, 0.1) is 12.2 Å². The molecule has 0 bridgehead atoms. The number of nitrogens with one attached hydrogen (secondary N) is 2. The molecular formula is C21H26N2O3. The van der Waals surface area contributed by atoms with E-state index in [1.54, 1.807) is 6.92 Å². The van der Waals surface area contributed by atoms with Crippen LogP contribution in [0, 0.1) is 0 Å². The monoisotopic (exact) mass is 354 g/mol. The number of fused-ring (bicyclic) bond motifs is 1. The zero-order valence-corrected chi connectivity index (χ0v) is 15.1. The molecule has 2 aromatic carbocycles. The molecule has 26 heavy (non-hydrogen) atoms. The summed E-state index contributed by atoms with van der Waals surface area (Å²) in [6, 6.07) is 15.5. The summed E-state index contributed by atoms with van der Waals surface area (Å²) in [7, 11) is 0. The number of aliphatic hydroxyl groups is 1. The number of hydrogen-bond donors (Lipinski definition) is 3. The molecule has 0 saturated carbocycles. The van der Waals surface area contributed by atoms with E-state index in [0.29, 0.717) is 19.5 Å². The smallest absolute Gasteiger partial charge is 0.314 e. The van der Waals surface area contributed by atoms with Crippen LogP contribution in [0.5, 0.6) is 5.75 Å². The maximum Gasteiger partial charge on any atom is 0.314 e. The Kier molecular flexibility index (Phi) is 5.78. The van der Waals surface area contributed by atoms with E-state index in [0.717, 1.165) is 30.8 Å². The highest BCUT2D eigenvalue weighted by atomic mass is 16.5. The Morgan fingerprint density at radius 2 is 1.92 bits per heavy atom. The maximum atomic E-state index is 11.9. The quantitative estimate of drug-likeness (QED) is 0.716. The van der Waals surface area contributed by atoms with Crippen LogP contribution in [0.2, 0.25) is 0 Å². The van der Waals surface area contributed by atoms with Crippen LogP contribution in [-0.2, 0) is 18.4 Å². The average molecular weight is 354 g/mol. The van der Waals surface area contributed by atoms with Crippen molar-refractivity contribution in [1.29, 1.82) is 0 Å². The zero-order chi connectivity index (χ0) is 18.4. The molecule has 1 heterocycles. The van der Waals surface area contributed by atoms with Crippen molar-refractivity contribution in [1.82, 2.24) is 10.6 Å². The number of amides is 2. The summed E-state index contributed by atoms with van der Waals surface area (Å²) >= 11 is 0. The van der Waals surface area contributed by atoms with E-state index in [1.165, 1.54) is 11.1 Å². The lowest BCUT2D eigenvalue weighted by Gasteiger charge is -2.24. The van der Waals surface area contributed by atoms with Gasteiger partial charge in [-0.2, -0.15) is 0 Å². The molecule has 3 rings (SSSR count). The largest absolute Gasteiger partial charge is 0.493 e. The third-order valence-electron chi connectivity index (χ3n) is 4.75. The lowest BCUT2D eigenvalue weighted by molar-refractivity contribution is 0.0487. The van der Waals surface area contributed by atoms with Crippen LogP contribution in [0.15, 0.2) is 48.5 Å². The van der Waals surface area contributed by atoms with Crippen molar-refractivity contribution in [3.05, 3.63) is 65.2 Å². The SMILES string of the molecule is C[C@](O)(CCNC(=O)NCCc1ccc2c(c1)CCO2)c1ccccc1. The molecule has 1 aliphatic heterocycles. The predicted molar refractivity (Wildman–Crippen MR) is 101 cm³/mol. The van der Waals surface area contributed by atoms with E-state index >= 15 is 0 Å². The fourth-order valence-electron chi connectivity index (χ4n) is 3.14. The minimum Gasteiger partial charge on any atom is -0.493 e. The first-order valence-corrected chi connectivity index (χ1v) is 9.09. The van der Waals surface area contributed by atoms with E-state index in [-0.39, 0.29) is 6.03 Å². The first-order chi connectivity index (χ1) is 12.5. The molecule has 0 unspecified atom stereocenters. The standard InChI is InChI=1S/C21H26N2O3/c1-21(25,18-5-3-2-4-6-18)11-13-23-20(24)22-12-9-16-7-8-19-17(15-16)10-14-26-19/h2-8,15,25H,9-14H2,1H3,(H2,22,23,24)/t21-/m0/s1. The van der Waals surface area contributed by atoms with Gasteiger partial charge in [0.25, 0.3) is 0 Å². The second kappa shape index (κ2) is 8.23. The van der Waals surface area contributed by atoms with Gasteiger partial charge in [-0.15, -0.1) is 0 Å². The topological polar surface area (TPSA) is 70.6 Å². The van der Waals surface area contributed by atoms with Gasteiger partial charge in [0.15, 0.2) is 0 Å². The molecule has 0 radical (unpaired) electrons. The molecule has 3 N–H and O–H groups in total. The summed E-state index contributed by atoms with van der Waals surface area (Å²) < 4.78 is 5.50. The van der Waals surface area contributed by atoms with Crippen molar-refractivity contribution < 1.29 is 14.6 Å². The summed E-state index contributed by atoms with van der Waals surface area (Å²) in [5.74, 6) is 0.977. The molecule has 5 nitrogen and oxygen atoms in total. The summed E-state index contributed by atoms with van der Waals surface area (Å²) in [6.45, 7) is 3.50. The molecule has 2 amide bonds. The van der Waals surface area contributed by atoms with Gasteiger partial charge in [-0.25, -0.2) is 4.79 Å². The predicted octanol–water partition coefficient (Wildman–Crippen LogP) is 2.76. The minimum absolute atomic E-state index is 0.210. The molecule has 1 atom stereocenters. The first kappa shape index (κ1) is 18.3. The lowest BCUT2D eigenvalue weighted by atomic mass is 9.93. The highest BCUT2D eigenvalue weighted by Gasteiger charge is 2.22. The molecule has 0 spiro atoms. The number of carbonyl (C=O) groups is 1. The van der Waals surface area contributed by atoms with Crippen LogP contribution >= 0.6 is 0 Å². The Balaban J connectivity index is 1.37. The number of carbonyl (C=O) groups excluding carboxylic acids is 1. The van der Waals surface area contributed by atoms with Gasteiger partial charge in [-0.3, -0.25) is 0 Å². The van der Waals surface area contributed by atoms with Gasteiger partial charge in [0, 0.05) is 19.5 Å². The van der Waals surface area contributed by atoms with E-state index in [2.05, 4.69) is 16.7 Å². The Labute approximate surface area is 154 Å². The second-order valence-corrected chi connectivity index (χ2v) is 6.86. The van der Waals surface area contributed by atoms with Crippen molar-refractivity contribution in [2.75, 3.05) is 19.7 Å². The van der Waals surface area contributed by atoms with Crippen molar-refractivity contribution in [3.8, 4) is 5.75 Å². The highest BCUT2D eigenvalue weighted by molar-refractivity contribution is 5.73. The summed E-state index contributed by atoms with van der Waals surface area (Å²) in [5.41, 5.74) is 2.33. The fraction of sp³-hybridized carbons (Fsp3) is 0.381. The van der Waals surface area contributed by atoms with Crippen LogP contribution in [0.1, 0.15) is 30.0 Å². The summed E-state index contributed by atoms with van der Waals surface area (Å²) in [6.07, 6.45) is 2.19. The molecule has 2 aromatic rings. The number of hydrogen-bond acceptors (Lipinski definition) is 3. The minimum atomic E-state index is -0.957. The first-order valence-electron chi connectivity index (χ1n) is 9.09. The van der Waals surface area contributed by atoms with Crippen LogP contribution in [0.25, 0.3) is 0 Å². The molecule has 0 aliphatic carbocycles. The number of rotatable bonds is 7. The van der Waals surface area contributed by atoms with Crippen LogP contribution in [-0.4, -0.2) is 30.8 Å². The summed E-state index contributed by atoms with van der Waals surface area (Å²) in [5, 5.41) is 16.2. The van der Waals surface area contributed by atoms with Gasteiger partial charge in [0.2, 0.25) is 0 Å². The van der Waals surface area contributed by atoms with Crippen LogP contribution < -0.4 is 15.4 Å². The van der Waals surface area contributed by atoms with Crippen molar-refractivity contribution in [3.63, 3.8) is 0 Å². The van der Waals surface area contributed by atoms with E-state index in [9.17, 15) is 9.90 Å². The van der Waals surface area contributed by atoms with Gasteiger partial charge in [0.1, 0.15) is 5.75 Å². The average Bonchev–Trinajstić information content (AvgIpc) is 3.10. The molecule has 0 saturated heterocycles. The van der Waals surface area contributed by atoms with Crippen molar-refractivity contribution in [2.45, 2.75) is 31.8 Å². The highest BCUT2D eigenvalue weighted by Crippen LogP contribution is 2.26. The van der Waals surface area contributed by atoms with Crippen LogP contribution in [0.4, 0.5) is 4.79 Å². The zero-order valence-electron chi connectivity index (χ0n) is 15.1. The molecule has 0 aromatic heterocycles. The Bertz CT molecular complexity index is 744. The van der Waals surface area contributed by atoms with Gasteiger partial charge in [-0.05, 0) is 42.5 Å². The fourth-order valence-corrected chi connectivity index (χ4v) is 3.14. The molecule has 5 heteroatoms. The van der Waals surface area contributed by atoms with Crippen molar-refractivity contribution in [2.24, 2.45) is 0 Å². The van der Waals surface area contributed by atoms with Gasteiger partial charge >= 0.3 is 6.03 Å². The van der Waals surface area contributed by atoms with Gasteiger partial charge in [-0.1, -0.05) is 42.5 Å². The van der Waals surface area contributed by atoms with E-state index < -0.39 is 5.60 Å². The Morgan fingerprint density at radius 3 is 2.73 bits per heavy atom. The number of ether oxygens (including phenoxy) is 1.